The molecule has 2 aliphatic carbocycles. The highest BCUT2D eigenvalue weighted by Crippen LogP contribution is 2.49. The number of benzene rings is 1. The van der Waals surface area contributed by atoms with Crippen LogP contribution in [0.15, 0.2) is 24.3 Å². The zero-order valence-electron chi connectivity index (χ0n) is 12.9. The molecule has 4 atom stereocenters. The Kier molecular flexibility index (Phi) is 4.33. The third kappa shape index (κ3) is 3.24. The topological polar surface area (TPSA) is 62.1 Å². The lowest BCUT2D eigenvalue weighted by molar-refractivity contribution is -0.124. The number of rotatable bonds is 5. The Bertz CT molecular complexity index is 593. The number of ether oxygens (including phenoxy) is 1. The molecule has 3 rings (SSSR count). The Balaban J connectivity index is 1.47. The van der Waals surface area contributed by atoms with Crippen LogP contribution >= 0.6 is 0 Å². The molecule has 2 saturated carbocycles. The minimum absolute atomic E-state index is 0.0000368. The lowest BCUT2D eigenvalue weighted by atomic mass is 9.84. The number of carbonyl (C=O) groups excluding carboxylic acids is 1. The zero-order valence-corrected chi connectivity index (χ0v) is 12.9. The van der Waals surface area contributed by atoms with E-state index in [1.807, 2.05) is 0 Å². The third-order valence-corrected chi connectivity index (χ3v) is 5.16. The SMILES string of the molecule is CC(NC(=O)COc1cccc(C#N)c1)C1CC2CCC1C2. The van der Waals surface area contributed by atoms with Crippen LogP contribution in [-0.2, 0) is 4.79 Å². The molecular formula is C18H22N2O2. The van der Waals surface area contributed by atoms with E-state index in [4.69, 9.17) is 10.00 Å². The van der Waals surface area contributed by atoms with Gasteiger partial charge in [0, 0.05) is 6.04 Å². The molecule has 4 unspecified atom stereocenters. The Hall–Kier alpha value is -2.02. The van der Waals surface area contributed by atoms with Crippen molar-refractivity contribution in [2.24, 2.45) is 17.8 Å². The fourth-order valence-electron chi connectivity index (χ4n) is 4.11. The first kappa shape index (κ1) is 14.9. The predicted octanol–water partition coefficient (Wildman–Crippen LogP) is 2.88. The molecule has 0 heterocycles. The van der Waals surface area contributed by atoms with Crippen LogP contribution < -0.4 is 10.1 Å². The van der Waals surface area contributed by atoms with Gasteiger partial charge in [0.25, 0.3) is 5.91 Å². The zero-order chi connectivity index (χ0) is 15.5. The van der Waals surface area contributed by atoms with Gasteiger partial charge in [-0.05, 0) is 62.1 Å². The highest BCUT2D eigenvalue weighted by atomic mass is 16.5. The van der Waals surface area contributed by atoms with Crippen LogP contribution in [0.3, 0.4) is 0 Å². The summed E-state index contributed by atoms with van der Waals surface area (Å²) in [5.41, 5.74) is 0.535. The van der Waals surface area contributed by atoms with Crippen molar-refractivity contribution in [1.29, 1.82) is 5.26 Å². The van der Waals surface area contributed by atoms with E-state index in [0.717, 1.165) is 11.8 Å². The van der Waals surface area contributed by atoms with Crippen molar-refractivity contribution in [2.45, 2.75) is 38.6 Å². The second-order valence-corrected chi connectivity index (χ2v) is 6.62. The molecule has 1 aromatic rings. The second kappa shape index (κ2) is 6.39. The van der Waals surface area contributed by atoms with Crippen LogP contribution in [-0.4, -0.2) is 18.6 Å². The van der Waals surface area contributed by atoms with E-state index in [1.54, 1.807) is 24.3 Å². The van der Waals surface area contributed by atoms with E-state index in [9.17, 15) is 4.79 Å². The lowest BCUT2D eigenvalue weighted by Crippen LogP contribution is -2.42. The summed E-state index contributed by atoms with van der Waals surface area (Å²) in [6.07, 6.45) is 5.31. The van der Waals surface area contributed by atoms with Crippen LogP contribution in [0.1, 0.15) is 38.2 Å². The summed E-state index contributed by atoms with van der Waals surface area (Å²) in [5.74, 6) is 2.79. The first-order valence-corrected chi connectivity index (χ1v) is 8.08. The van der Waals surface area contributed by atoms with E-state index in [0.29, 0.717) is 17.2 Å². The molecular weight excluding hydrogens is 276 g/mol. The normalized spacial score (nSPS) is 27.2. The van der Waals surface area contributed by atoms with E-state index < -0.39 is 0 Å². The summed E-state index contributed by atoms with van der Waals surface area (Å²) in [6.45, 7) is 2.11. The Labute approximate surface area is 131 Å². The predicted molar refractivity (Wildman–Crippen MR) is 83.2 cm³/mol. The smallest absolute Gasteiger partial charge is 0.258 e. The summed E-state index contributed by atoms with van der Waals surface area (Å²) >= 11 is 0. The summed E-state index contributed by atoms with van der Waals surface area (Å²) in [4.78, 5) is 12.0. The molecule has 22 heavy (non-hydrogen) atoms. The largest absolute Gasteiger partial charge is 0.484 e. The molecule has 0 spiro atoms. The fourth-order valence-corrected chi connectivity index (χ4v) is 4.11. The van der Waals surface area contributed by atoms with Crippen molar-refractivity contribution >= 4 is 5.91 Å². The van der Waals surface area contributed by atoms with Crippen molar-refractivity contribution in [2.75, 3.05) is 6.61 Å². The number of nitrogens with one attached hydrogen (secondary N) is 1. The van der Waals surface area contributed by atoms with Crippen molar-refractivity contribution in [3.8, 4) is 11.8 Å². The molecule has 0 aromatic heterocycles. The number of fused-ring (bicyclic) bond motifs is 2. The van der Waals surface area contributed by atoms with E-state index in [1.165, 1.54) is 25.7 Å². The molecule has 2 fully saturated rings. The van der Waals surface area contributed by atoms with Gasteiger partial charge in [-0.15, -0.1) is 0 Å². The maximum atomic E-state index is 12.0. The van der Waals surface area contributed by atoms with Gasteiger partial charge in [0.1, 0.15) is 5.75 Å². The summed E-state index contributed by atoms with van der Waals surface area (Å²) in [6, 6.07) is 9.15. The first-order chi connectivity index (χ1) is 10.7. The van der Waals surface area contributed by atoms with Gasteiger partial charge in [0.15, 0.2) is 6.61 Å². The van der Waals surface area contributed by atoms with Gasteiger partial charge in [-0.25, -0.2) is 0 Å². The Morgan fingerprint density at radius 3 is 3.00 bits per heavy atom. The molecule has 0 radical (unpaired) electrons. The average Bonchev–Trinajstić information content (AvgIpc) is 3.16. The summed E-state index contributed by atoms with van der Waals surface area (Å²) in [5, 5.41) is 11.9. The number of nitrogens with zero attached hydrogens (tertiary/aromatic N) is 1. The second-order valence-electron chi connectivity index (χ2n) is 6.62. The van der Waals surface area contributed by atoms with Crippen LogP contribution in [0.2, 0.25) is 0 Å². The van der Waals surface area contributed by atoms with Crippen LogP contribution in [0.5, 0.6) is 5.75 Å². The Morgan fingerprint density at radius 2 is 2.32 bits per heavy atom. The average molecular weight is 298 g/mol. The molecule has 1 amide bonds. The van der Waals surface area contributed by atoms with Gasteiger partial charge in [-0.1, -0.05) is 12.5 Å². The molecule has 2 bridgehead atoms. The van der Waals surface area contributed by atoms with E-state index in [-0.39, 0.29) is 18.6 Å². The van der Waals surface area contributed by atoms with Gasteiger partial charge < -0.3 is 10.1 Å². The minimum atomic E-state index is -0.0855. The molecule has 4 nitrogen and oxygen atoms in total. The van der Waals surface area contributed by atoms with Gasteiger partial charge in [0.2, 0.25) is 0 Å². The number of amides is 1. The minimum Gasteiger partial charge on any atom is -0.484 e. The van der Waals surface area contributed by atoms with Crippen LogP contribution in [0.4, 0.5) is 0 Å². The highest BCUT2D eigenvalue weighted by molar-refractivity contribution is 5.77. The van der Waals surface area contributed by atoms with Gasteiger partial charge in [-0.3, -0.25) is 4.79 Å². The summed E-state index contributed by atoms with van der Waals surface area (Å²) in [7, 11) is 0. The molecule has 0 saturated heterocycles. The quantitative estimate of drug-likeness (QED) is 0.909. The monoisotopic (exact) mass is 298 g/mol. The van der Waals surface area contributed by atoms with Crippen molar-refractivity contribution in [3.05, 3.63) is 29.8 Å². The number of hydrogen-bond acceptors (Lipinski definition) is 3. The van der Waals surface area contributed by atoms with Gasteiger partial charge >= 0.3 is 0 Å². The Morgan fingerprint density at radius 1 is 1.45 bits per heavy atom. The van der Waals surface area contributed by atoms with Gasteiger partial charge in [0.05, 0.1) is 11.6 Å². The molecule has 2 aliphatic rings. The standard InChI is InChI=1S/C18H22N2O2/c1-12(17-9-13-5-6-15(17)7-13)20-18(21)11-22-16-4-2-3-14(8-16)10-19/h2-4,8,12-13,15,17H,5-7,9,11H2,1H3,(H,20,21). The van der Waals surface area contributed by atoms with E-state index in [2.05, 4.69) is 18.3 Å². The maximum Gasteiger partial charge on any atom is 0.258 e. The number of carbonyl (C=O) groups is 1. The van der Waals surface area contributed by atoms with Crippen LogP contribution in [0.25, 0.3) is 0 Å². The van der Waals surface area contributed by atoms with Crippen molar-refractivity contribution in [3.63, 3.8) is 0 Å². The molecule has 116 valence electrons. The third-order valence-electron chi connectivity index (χ3n) is 5.16. The van der Waals surface area contributed by atoms with Gasteiger partial charge in [-0.2, -0.15) is 5.26 Å². The van der Waals surface area contributed by atoms with Crippen molar-refractivity contribution < 1.29 is 9.53 Å². The van der Waals surface area contributed by atoms with Crippen LogP contribution in [0, 0.1) is 29.1 Å². The molecule has 1 N–H and O–H groups in total. The molecule has 4 heteroatoms. The fraction of sp³-hybridized carbons (Fsp3) is 0.556. The van der Waals surface area contributed by atoms with Crippen molar-refractivity contribution in [1.82, 2.24) is 5.32 Å². The summed E-state index contributed by atoms with van der Waals surface area (Å²) < 4.78 is 5.47. The number of nitriles is 1. The molecule has 1 aromatic carbocycles. The maximum absolute atomic E-state index is 12.0. The van der Waals surface area contributed by atoms with E-state index >= 15 is 0 Å². The molecule has 0 aliphatic heterocycles. The highest BCUT2D eigenvalue weighted by Gasteiger charge is 2.42. The first-order valence-electron chi connectivity index (χ1n) is 8.08. The lowest BCUT2D eigenvalue weighted by Gasteiger charge is -2.28. The number of hydrogen-bond donors (Lipinski definition) is 1.